The summed E-state index contributed by atoms with van der Waals surface area (Å²) in [5.74, 6) is 0.790. The number of ether oxygens (including phenoxy) is 1. The zero-order valence-electron chi connectivity index (χ0n) is 13.2. The lowest BCUT2D eigenvalue weighted by Crippen LogP contribution is -1.93. The molecule has 1 aromatic heterocycles. The number of aromatic nitrogens is 1. The first-order valence-corrected chi connectivity index (χ1v) is 9.24. The summed E-state index contributed by atoms with van der Waals surface area (Å²) in [6.07, 6.45) is 2.04. The lowest BCUT2D eigenvalue weighted by Gasteiger charge is -2.11. The number of rotatable bonds is 4. The molecule has 0 saturated heterocycles. The molecule has 0 spiro atoms. The van der Waals surface area contributed by atoms with Gasteiger partial charge in [0.05, 0.1) is 18.5 Å². The molecule has 0 unspecified atom stereocenters. The van der Waals surface area contributed by atoms with Crippen LogP contribution in [0, 0.1) is 0 Å². The zero-order valence-corrected chi connectivity index (χ0v) is 15.5. The topological polar surface area (TPSA) is 22.1 Å². The number of halogens is 2. The second-order valence-electron chi connectivity index (χ2n) is 5.14. The van der Waals surface area contributed by atoms with Crippen LogP contribution < -0.4 is 4.74 Å². The lowest BCUT2D eigenvalue weighted by atomic mass is 10.1. The molecule has 0 aliphatic heterocycles. The Kier molecular flexibility index (Phi) is 5.34. The Hall–Kier alpha value is -1.68. The summed E-state index contributed by atoms with van der Waals surface area (Å²) < 4.78 is 5.47. The molecule has 122 valence electrons. The Labute approximate surface area is 155 Å². The van der Waals surface area contributed by atoms with E-state index >= 15 is 0 Å². The highest BCUT2D eigenvalue weighted by Gasteiger charge is 2.11. The van der Waals surface area contributed by atoms with Gasteiger partial charge in [-0.15, -0.1) is 11.8 Å². The van der Waals surface area contributed by atoms with Crippen molar-refractivity contribution in [2.75, 3.05) is 13.4 Å². The average Bonchev–Trinajstić information content (AvgIpc) is 2.60. The summed E-state index contributed by atoms with van der Waals surface area (Å²) >= 11 is 13.9. The maximum absolute atomic E-state index is 6.14. The van der Waals surface area contributed by atoms with Crippen LogP contribution in [-0.4, -0.2) is 18.3 Å². The van der Waals surface area contributed by atoms with Crippen molar-refractivity contribution in [1.82, 2.24) is 4.98 Å². The summed E-state index contributed by atoms with van der Waals surface area (Å²) in [5, 5.41) is 1.18. The molecule has 0 amide bonds. The van der Waals surface area contributed by atoms with Crippen LogP contribution in [-0.2, 0) is 0 Å². The molecular formula is C19H15Cl2NOS. The van der Waals surface area contributed by atoms with Crippen LogP contribution in [0.3, 0.4) is 0 Å². The number of para-hydroxylation sites is 1. The van der Waals surface area contributed by atoms with E-state index < -0.39 is 0 Å². The fraction of sp³-hybridized carbons (Fsp3) is 0.105. The average molecular weight is 376 g/mol. The molecule has 0 N–H and O–H groups in total. The zero-order chi connectivity index (χ0) is 17.1. The molecule has 24 heavy (non-hydrogen) atoms. The Morgan fingerprint density at radius 1 is 0.917 bits per heavy atom. The van der Waals surface area contributed by atoms with Crippen LogP contribution in [0.4, 0.5) is 0 Å². The molecule has 2 nitrogen and oxygen atoms in total. The normalized spacial score (nSPS) is 10.7. The fourth-order valence-corrected chi connectivity index (χ4v) is 3.45. The number of hydrogen-bond acceptors (Lipinski definition) is 3. The molecule has 0 fully saturated rings. The Bertz CT molecular complexity index is 863. The van der Waals surface area contributed by atoms with Crippen LogP contribution in [0.5, 0.6) is 5.75 Å². The summed E-state index contributed by atoms with van der Waals surface area (Å²) in [5.41, 5.74) is 3.52. The predicted molar refractivity (Wildman–Crippen MR) is 103 cm³/mol. The third kappa shape index (κ3) is 3.69. The van der Waals surface area contributed by atoms with E-state index in [9.17, 15) is 0 Å². The third-order valence-corrected chi connectivity index (χ3v) is 4.72. The van der Waals surface area contributed by atoms with Crippen molar-refractivity contribution >= 4 is 35.0 Å². The second-order valence-corrected chi connectivity index (χ2v) is 6.89. The van der Waals surface area contributed by atoms with Crippen LogP contribution in [0.1, 0.15) is 0 Å². The van der Waals surface area contributed by atoms with Crippen molar-refractivity contribution in [3.8, 4) is 28.3 Å². The van der Waals surface area contributed by atoms with Gasteiger partial charge < -0.3 is 4.74 Å². The van der Waals surface area contributed by atoms with Gasteiger partial charge in [-0.3, -0.25) is 0 Å². The maximum atomic E-state index is 6.14. The summed E-state index contributed by atoms with van der Waals surface area (Å²) in [7, 11) is 1.66. The van der Waals surface area contributed by atoms with Crippen LogP contribution >= 0.6 is 35.0 Å². The molecule has 5 heteroatoms. The van der Waals surface area contributed by atoms with Crippen molar-refractivity contribution < 1.29 is 4.74 Å². The minimum atomic E-state index is 0.590. The number of benzene rings is 2. The smallest absolute Gasteiger partial charge is 0.128 e. The van der Waals surface area contributed by atoms with E-state index in [1.54, 1.807) is 24.9 Å². The van der Waals surface area contributed by atoms with Gasteiger partial charge in [0.25, 0.3) is 0 Å². The largest absolute Gasteiger partial charge is 0.496 e. The summed E-state index contributed by atoms with van der Waals surface area (Å²) in [6.45, 7) is 0. The standard InChI is InChI=1S/C19H15Cl2NOS/c1-23-19-6-4-3-5-16(19)18-11-15(24-2)10-17(22-18)12-7-13(20)9-14(21)8-12/h3-11H,1-2H3. The molecule has 2 aromatic carbocycles. The van der Waals surface area contributed by atoms with Crippen LogP contribution in [0.2, 0.25) is 10.0 Å². The third-order valence-electron chi connectivity index (χ3n) is 3.58. The van der Waals surface area contributed by atoms with E-state index in [0.29, 0.717) is 10.0 Å². The lowest BCUT2D eigenvalue weighted by molar-refractivity contribution is 0.416. The molecule has 3 rings (SSSR count). The fourth-order valence-electron chi connectivity index (χ4n) is 2.47. The number of thioether (sulfide) groups is 1. The first-order valence-electron chi connectivity index (χ1n) is 7.26. The Morgan fingerprint density at radius 2 is 1.58 bits per heavy atom. The SMILES string of the molecule is COc1ccccc1-c1cc(SC)cc(-c2cc(Cl)cc(Cl)c2)n1. The van der Waals surface area contributed by atoms with E-state index in [0.717, 1.165) is 33.2 Å². The maximum Gasteiger partial charge on any atom is 0.128 e. The molecule has 0 aliphatic carbocycles. The van der Waals surface area contributed by atoms with Crippen LogP contribution in [0.25, 0.3) is 22.5 Å². The van der Waals surface area contributed by atoms with E-state index in [-0.39, 0.29) is 0 Å². The summed E-state index contributed by atoms with van der Waals surface area (Å²) in [6, 6.07) is 17.4. The minimum absolute atomic E-state index is 0.590. The van der Waals surface area contributed by atoms with Gasteiger partial charge in [-0.25, -0.2) is 4.98 Å². The van der Waals surface area contributed by atoms with E-state index in [1.165, 1.54) is 0 Å². The van der Waals surface area contributed by atoms with Gasteiger partial charge in [0.15, 0.2) is 0 Å². The molecule has 0 bridgehead atoms. The predicted octanol–water partition coefficient (Wildman–Crippen LogP) is 6.45. The highest BCUT2D eigenvalue weighted by atomic mass is 35.5. The monoisotopic (exact) mass is 375 g/mol. The highest BCUT2D eigenvalue weighted by molar-refractivity contribution is 7.98. The molecule has 0 aliphatic rings. The van der Waals surface area contributed by atoms with E-state index in [1.807, 2.05) is 48.7 Å². The van der Waals surface area contributed by atoms with Crippen molar-refractivity contribution in [2.24, 2.45) is 0 Å². The first kappa shape index (κ1) is 17.2. The Balaban J connectivity index is 2.19. The van der Waals surface area contributed by atoms with E-state index in [2.05, 4.69) is 6.07 Å². The Morgan fingerprint density at radius 3 is 2.25 bits per heavy atom. The van der Waals surface area contributed by atoms with Gasteiger partial charge in [-0.05, 0) is 48.7 Å². The van der Waals surface area contributed by atoms with Gasteiger partial charge in [0.1, 0.15) is 5.75 Å². The van der Waals surface area contributed by atoms with E-state index in [4.69, 9.17) is 32.9 Å². The number of methoxy groups -OCH3 is 1. The van der Waals surface area contributed by atoms with Gasteiger partial charge in [-0.2, -0.15) is 0 Å². The van der Waals surface area contributed by atoms with Gasteiger partial charge in [-0.1, -0.05) is 35.3 Å². The molecule has 3 aromatic rings. The van der Waals surface area contributed by atoms with Gasteiger partial charge in [0.2, 0.25) is 0 Å². The molecule has 0 saturated carbocycles. The molecule has 0 atom stereocenters. The van der Waals surface area contributed by atoms with Gasteiger partial charge in [0, 0.05) is 26.1 Å². The molecule has 0 radical (unpaired) electrons. The van der Waals surface area contributed by atoms with Crippen LogP contribution in [0.15, 0.2) is 59.5 Å². The van der Waals surface area contributed by atoms with Crippen molar-refractivity contribution in [2.45, 2.75) is 4.90 Å². The van der Waals surface area contributed by atoms with Crippen molar-refractivity contribution in [3.05, 3.63) is 64.6 Å². The van der Waals surface area contributed by atoms with Crippen molar-refractivity contribution in [3.63, 3.8) is 0 Å². The van der Waals surface area contributed by atoms with Crippen molar-refractivity contribution in [1.29, 1.82) is 0 Å². The molecule has 1 heterocycles. The first-order chi connectivity index (χ1) is 11.6. The molecular weight excluding hydrogens is 361 g/mol. The van der Waals surface area contributed by atoms with Gasteiger partial charge >= 0.3 is 0 Å². The second kappa shape index (κ2) is 7.47. The minimum Gasteiger partial charge on any atom is -0.496 e. The quantitative estimate of drug-likeness (QED) is 0.488. The number of nitrogens with zero attached hydrogens (tertiary/aromatic N) is 1. The number of hydrogen-bond donors (Lipinski definition) is 0. The highest BCUT2D eigenvalue weighted by Crippen LogP contribution is 2.34. The number of pyridine rings is 1. The summed E-state index contributed by atoms with van der Waals surface area (Å²) in [4.78, 5) is 5.91.